The number of anilines is 1. The molecule has 9 heteroatoms. The van der Waals surface area contributed by atoms with Crippen LogP contribution in [0.3, 0.4) is 0 Å². The van der Waals surface area contributed by atoms with Crippen LogP contribution < -0.4 is 20.1 Å². The van der Waals surface area contributed by atoms with E-state index in [0.717, 1.165) is 5.56 Å². The smallest absolute Gasteiger partial charge is 0.270 e. The molecule has 0 spiro atoms. The maximum Gasteiger partial charge on any atom is 0.270 e. The Balaban J connectivity index is 1.62. The normalized spacial score (nSPS) is 12.7. The van der Waals surface area contributed by atoms with Gasteiger partial charge in [0.05, 0.1) is 17.2 Å². The van der Waals surface area contributed by atoms with E-state index in [4.69, 9.17) is 9.47 Å². The fourth-order valence-corrected chi connectivity index (χ4v) is 3.07. The third kappa shape index (κ3) is 4.37. The molecule has 0 aliphatic carbocycles. The van der Waals surface area contributed by atoms with E-state index < -0.39 is 10.5 Å². The Hall–Kier alpha value is -2.65. The minimum Gasteiger partial charge on any atom is -0.454 e. The molecule has 1 amide bonds. The van der Waals surface area contributed by atoms with Crippen molar-refractivity contribution in [2.45, 2.75) is 19.4 Å². The van der Waals surface area contributed by atoms with E-state index in [9.17, 15) is 14.9 Å². The Morgan fingerprint density at radius 1 is 1.22 bits per heavy atom. The summed E-state index contributed by atoms with van der Waals surface area (Å²) in [4.78, 5) is 22.6. The lowest BCUT2D eigenvalue weighted by Gasteiger charge is -2.27. The quantitative estimate of drug-likeness (QED) is 0.531. The van der Waals surface area contributed by atoms with Gasteiger partial charge in [-0.2, -0.15) is 0 Å². The highest BCUT2D eigenvalue weighted by Gasteiger charge is 2.24. The summed E-state index contributed by atoms with van der Waals surface area (Å²) < 4.78 is 11.2. The highest BCUT2D eigenvalue weighted by molar-refractivity contribution is 9.10. The molecule has 2 aromatic carbocycles. The Labute approximate surface area is 164 Å². The molecular formula is C18H18BrN3O5. The summed E-state index contributed by atoms with van der Waals surface area (Å²) >= 11 is 3.23. The number of nitro benzene ring substituents is 1. The SMILES string of the molecule is CC(C)(NCC(=O)Nc1ccc([N+](=O)[O-])cc1Br)c1ccc2c(c1)OCO2. The van der Waals surface area contributed by atoms with Crippen LogP contribution in [0, 0.1) is 10.1 Å². The van der Waals surface area contributed by atoms with Crippen molar-refractivity contribution >= 4 is 33.2 Å². The van der Waals surface area contributed by atoms with Crippen molar-refractivity contribution in [3.05, 3.63) is 56.5 Å². The predicted octanol–water partition coefficient (Wildman–Crippen LogP) is 3.55. The van der Waals surface area contributed by atoms with Gasteiger partial charge in [-0.25, -0.2) is 0 Å². The van der Waals surface area contributed by atoms with Gasteiger partial charge >= 0.3 is 0 Å². The number of hydrogen-bond acceptors (Lipinski definition) is 6. The second-order valence-electron chi connectivity index (χ2n) is 6.52. The minimum absolute atomic E-state index is 0.0538. The van der Waals surface area contributed by atoms with Gasteiger partial charge in [0.15, 0.2) is 11.5 Å². The molecule has 0 radical (unpaired) electrons. The van der Waals surface area contributed by atoms with Gasteiger partial charge in [-0.15, -0.1) is 0 Å². The molecule has 1 aliphatic rings. The molecule has 142 valence electrons. The third-order valence-corrected chi connectivity index (χ3v) is 4.88. The van der Waals surface area contributed by atoms with E-state index in [-0.39, 0.29) is 24.9 Å². The molecule has 0 atom stereocenters. The lowest BCUT2D eigenvalue weighted by Crippen LogP contribution is -2.41. The monoisotopic (exact) mass is 435 g/mol. The highest BCUT2D eigenvalue weighted by atomic mass is 79.9. The maximum atomic E-state index is 12.3. The van der Waals surface area contributed by atoms with E-state index in [1.54, 1.807) is 0 Å². The van der Waals surface area contributed by atoms with E-state index >= 15 is 0 Å². The molecule has 2 aromatic rings. The second-order valence-corrected chi connectivity index (χ2v) is 7.37. The number of non-ortho nitro benzene ring substituents is 1. The molecular weight excluding hydrogens is 418 g/mol. The number of benzene rings is 2. The molecule has 0 aromatic heterocycles. The zero-order chi connectivity index (χ0) is 19.6. The number of nitrogens with one attached hydrogen (secondary N) is 2. The number of nitro groups is 1. The first kappa shape index (κ1) is 19.1. The molecule has 1 heterocycles. The Kier molecular flexibility index (Phi) is 5.33. The largest absolute Gasteiger partial charge is 0.454 e. The number of halogens is 1. The first-order valence-electron chi connectivity index (χ1n) is 8.15. The molecule has 0 bridgehead atoms. The Morgan fingerprint density at radius 3 is 2.67 bits per heavy atom. The fourth-order valence-electron chi connectivity index (χ4n) is 2.60. The minimum atomic E-state index is -0.494. The summed E-state index contributed by atoms with van der Waals surface area (Å²) in [6, 6.07) is 9.83. The van der Waals surface area contributed by atoms with Gasteiger partial charge in [0.25, 0.3) is 5.69 Å². The van der Waals surface area contributed by atoms with Crippen molar-refractivity contribution < 1.29 is 19.2 Å². The van der Waals surface area contributed by atoms with Gasteiger partial charge < -0.3 is 14.8 Å². The summed E-state index contributed by atoms with van der Waals surface area (Å²) in [6.07, 6.45) is 0. The van der Waals surface area contributed by atoms with Crippen LogP contribution in [-0.2, 0) is 10.3 Å². The Morgan fingerprint density at radius 2 is 1.96 bits per heavy atom. The summed E-state index contributed by atoms with van der Waals surface area (Å²) in [7, 11) is 0. The van der Waals surface area contributed by atoms with Crippen molar-refractivity contribution in [2.75, 3.05) is 18.7 Å². The average Bonchev–Trinajstić information content (AvgIpc) is 3.09. The first-order chi connectivity index (χ1) is 12.8. The molecule has 0 unspecified atom stereocenters. The van der Waals surface area contributed by atoms with Crippen molar-refractivity contribution in [2.24, 2.45) is 0 Å². The van der Waals surface area contributed by atoms with Crippen LogP contribution in [0.1, 0.15) is 19.4 Å². The molecule has 2 N–H and O–H groups in total. The van der Waals surface area contributed by atoms with E-state index in [1.807, 2.05) is 32.0 Å². The second kappa shape index (κ2) is 7.53. The maximum absolute atomic E-state index is 12.3. The number of nitrogens with zero attached hydrogens (tertiary/aromatic N) is 1. The van der Waals surface area contributed by atoms with Crippen LogP contribution in [0.25, 0.3) is 0 Å². The van der Waals surface area contributed by atoms with Crippen LogP contribution in [0.5, 0.6) is 11.5 Å². The standard InChI is InChI=1S/C18H18BrN3O5/c1-18(2,11-3-6-15-16(7-11)27-10-26-15)20-9-17(23)21-14-5-4-12(22(24)25)8-13(14)19/h3-8,20H,9-10H2,1-2H3,(H,21,23). The zero-order valence-electron chi connectivity index (χ0n) is 14.7. The van der Waals surface area contributed by atoms with E-state index in [1.165, 1.54) is 18.2 Å². The highest BCUT2D eigenvalue weighted by Crippen LogP contribution is 2.35. The van der Waals surface area contributed by atoms with Crippen LogP contribution in [0.2, 0.25) is 0 Å². The van der Waals surface area contributed by atoms with Gasteiger partial charge in [0, 0.05) is 22.1 Å². The van der Waals surface area contributed by atoms with Crippen LogP contribution >= 0.6 is 15.9 Å². The van der Waals surface area contributed by atoms with Crippen molar-refractivity contribution in [1.29, 1.82) is 0 Å². The Bertz CT molecular complexity index is 901. The lowest BCUT2D eigenvalue weighted by molar-refractivity contribution is -0.384. The number of rotatable bonds is 6. The van der Waals surface area contributed by atoms with Crippen LogP contribution in [-0.4, -0.2) is 24.2 Å². The molecule has 8 nitrogen and oxygen atoms in total. The summed E-state index contributed by atoms with van der Waals surface area (Å²) in [6.45, 7) is 4.18. The van der Waals surface area contributed by atoms with Crippen LogP contribution in [0.4, 0.5) is 11.4 Å². The van der Waals surface area contributed by atoms with Gasteiger partial charge in [-0.3, -0.25) is 20.2 Å². The lowest BCUT2D eigenvalue weighted by atomic mass is 9.94. The van der Waals surface area contributed by atoms with E-state index in [0.29, 0.717) is 21.7 Å². The van der Waals surface area contributed by atoms with Crippen LogP contribution in [0.15, 0.2) is 40.9 Å². The number of carbonyl (C=O) groups is 1. The molecule has 0 fully saturated rings. The number of hydrogen-bond donors (Lipinski definition) is 2. The third-order valence-electron chi connectivity index (χ3n) is 4.22. The number of amides is 1. The van der Waals surface area contributed by atoms with Crippen molar-refractivity contribution in [1.82, 2.24) is 5.32 Å². The average molecular weight is 436 g/mol. The molecule has 0 saturated carbocycles. The number of carbonyl (C=O) groups excluding carboxylic acids is 1. The molecule has 3 rings (SSSR count). The number of ether oxygens (including phenoxy) is 2. The van der Waals surface area contributed by atoms with E-state index in [2.05, 4.69) is 26.6 Å². The van der Waals surface area contributed by atoms with Crippen molar-refractivity contribution in [3.8, 4) is 11.5 Å². The summed E-state index contributed by atoms with van der Waals surface area (Å²) in [5.41, 5.74) is 0.886. The number of fused-ring (bicyclic) bond motifs is 1. The van der Waals surface area contributed by atoms with Gasteiger partial charge in [0.2, 0.25) is 12.7 Å². The predicted molar refractivity (Wildman–Crippen MR) is 103 cm³/mol. The van der Waals surface area contributed by atoms with Gasteiger partial charge in [-0.1, -0.05) is 6.07 Å². The first-order valence-corrected chi connectivity index (χ1v) is 8.94. The molecule has 1 aliphatic heterocycles. The van der Waals surface area contributed by atoms with Gasteiger partial charge in [0.1, 0.15) is 0 Å². The fraction of sp³-hybridized carbons (Fsp3) is 0.278. The van der Waals surface area contributed by atoms with Crippen molar-refractivity contribution in [3.63, 3.8) is 0 Å². The molecule has 27 heavy (non-hydrogen) atoms. The topological polar surface area (TPSA) is 103 Å². The zero-order valence-corrected chi connectivity index (χ0v) is 16.3. The molecule has 0 saturated heterocycles. The summed E-state index contributed by atoms with van der Waals surface area (Å²) in [5.74, 6) is 1.12. The van der Waals surface area contributed by atoms with Gasteiger partial charge in [-0.05, 0) is 53.5 Å². The summed E-state index contributed by atoms with van der Waals surface area (Å²) in [5, 5.41) is 16.7.